The Morgan fingerprint density at radius 2 is 2.00 bits per heavy atom. The molecule has 0 aliphatic carbocycles. The Balaban J connectivity index is 1.35. The molecule has 0 spiro atoms. The van der Waals surface area contributed by atoms with Crippen LogP contribution in [0.3, 0.4) is 0 Å². The van der Waals surface area contributed by atoms with Crippen LogP contribution in [0, 0.1) is 5.92 Å². The van der Waals surface area contributed by atoms with E-state index in [9.17, 15) is 9.59 Å². The standard InChI is InChI=1S/C22H28N6O3/c1-22(2,3)31-21(30)27-8-7-15(11-27)9-23-20(29)18-14-28-13-16(5-6-19(28)25-18)17-10-24-26(4)12-17/h5-6,10,12-15H,7-9,11H2,1-4H3,(H,23,29). The van der Waals surface area contributed by atoms with E-state index >= 15 is 0 Å². The largest absolute Gasteiger partial charge is 0.444 e. The predicted octanol–water partition coefficient (Wildman–Crippen LogP) is 2.72. The minimum Gasteiger partial charge on any atom is -0.444 e. The molecule has 3 aromatic rings. The Bertz CT molecular complexity index is 1110. The molecule has 0 aromatic carbocycles. The number of carbonyl (C=O) groups is 2. The Morgan fingerprint density at radius 3 is 2.71 bits per heavy atom. The van der Waals surface area contributed by atoms with Crippen molar-refractivity contribution >= 4 is 17.6 Å². The molecule has 4 rings (SSSR count). The Labute approximate surface area is 181 Å². The fourth-order valence-corrected chi connectivity index (χ4v) is 3.66. The summed E-state index contributed by atoms with van der Waals surface area (Å²) in [5.41, 5.74) is 2.56. The molecule has 1 atom stereocenters. The molecule has 0 bridgehead atoms. The number of likely N-dealkylation sites (tertiary alicyclic amines) is 1. The molecule has 0 saturated carbocycles. The maximum Gasteiger partial charge on any atom is 0.410 e. The molecule has 1 N–H and O–H groups in total. The SMILES string of the molecule is Cn1cc(-c2ccc3nc(C(=O)NCC4CCN(C(=O)OC(C)(C)C)C4)cn3c2)cn1. The van der Waals surface area contributed by atoms with Gasteiger partial charge in [0, 0.05) is 56.4 Å². The number of amides is 2. The molecule has 1 fully saturated rings. The highest BCUT2D eigenvalue weighted by molar-refractivity contribution is 5.92. The van der Waals surface area contributed by atoms with E-state index in [1.807, 2.05) is 56.7 Å². The van der Waals surface area contributed by atoms with Crippen LogP contribution < -0.4 is 5.32 Å². The van der Waals surface area contributed by atoms with E-state index in [2.05, 4.69) is 15.4 Å². The summed E-state index contributed by atoms with van der Waals surface area (Å²) in [5.74, 6) is -0.0203. The van der Waals surface area contributed by atoms with E-state index in [1.54, 1.807) is 22.0 Å². The van der Waals surface area contributed by atoms with Crippen molar-refractivity contribution < 1.29 is 14.3 Å². The highest BCUT2D eigenvalue weighted by atomic mass is 16.6. The number of imidazole rings is 1. The summed E-state index contributed by atoms with van der Waals surface area (Å²) in [4.78, 5) is 31.0. The summed E-state index contributed by atoms with van der Waals surface area (Å²) in [5, 5.41) is 7.15. The van der Waals surface area contributed by atoms with Crippen LogP contribution in [-0.4, -0.2) is 61.3 Å². The maximum absolute atomic E-state index is 12.6. The minimum atomic E-state index is -0.511. The van der Waals surface area contributed by atoms with Crippen LogP contribution in [0.2, 0.25) is 0 Å². The van der Waals surface area contributed by atoms with Gasteiger partial charge in [-0.3, -0.25) is 9.48 Å². The van der Waals surface area contributed by atoms with Gasteiger partial charge in [-0.25, -0.2) is 9.78 Å². The monoisotopic (exact) mass is 424 g/mol. The van der Waals surface area contributed by atoms with E-state index in [0.717, 1.165) is 17.5 Å². The van der Waals surface area contributed by atoms with Crippen molar-refractivity contribution in [2.24, 2.45) is 13.0 Å². The second-order valence-electron chi connectivity index (χ2n) is 9.00. The number of aryl methyl sites for hydroxylation is 1. The molecule has 4 heterocycles. The molecule has 9 heteroatoms. The highest BCUT2D eigenvalue weighted by Crippen LogP contribution is 2.21. The second kappa shape index (κ2) is 8.05. The van der Waals surface area contributed by atoms with Crippen LogP contribution in [-0.2, 0) is 11.8 Å². The molecule has 0 radical (unpaired) electrons. The van der Waals surface area contributed by atoms with Crippen LogP contribution in [0.25, 0.3) is 16.8 Å². The summed E-state index contributed by atoms with van der Waals surface area (Å²) in [6, 6.07) is 3.85. The van der Waals surface area contributed by atoms with Gasteiger partial charge in [-0.15, -0.1) is 0 Å². The quantitative estimate of drug-likeness (QED) is 0.695. The summed E-state index contributed by atoms with van der Waals surface area (Å²) in [6.45, 7) is 7.27. The molecule has 164 valence electrons. The van der Waals surface area contributed by atoms with E-state index in [1.165, 1.54) is 0 Å². The molecule has 1 aliphatic heterocycles. The minimum absolute atomic E-state index is 0.200. The molecule has 2 amide bonds. The summed E-state index contributed by atoms with van der Waals surface area (Å²) >= 11 is 0. The van der Waals surface area contributed by atoms with Crippen LogP contribution >= 0.6 is 0 Å². The molecule has 1 unspecified atom stereocenters. The van der Waals surface area contributed by atoms with Gasteiger partial charge in [-0.1, -0.05) is 0 Å². The van der Waals surface area contributed by atoms with Crippen LogP contribution in [0.5, 0.6) is 0 Å². The van der Waals surface area contributed by atoms with E-state index in [-0.39, 0.29) is 17.9 Å². The first-order valence-electron chi connectivity index (χ1n) is 10.4. The molecule has 31 heavy (non-hydrogen) atoms. The fraction of sp³-hybridized carbons (Fsp3) is 0.455. The first-order chi connectivity index (χ1) is 14.7. The number of hydrogen-bond donors (Lipinski definition) is 1. The Morgan fingerprint density at radius 1 is 1.19 bits per heavy atom. The molecule has 3 aromatic heterocycles. The van der Waals surface area contributed by atoms with E-state index in [4.69, 9.17) is 4.74 Å². The fourth-order valence-electron chi connectivity index (χ4n) is 3.66. The second-order valence-corrected chi connectivity index (χ2v) is 9.00. The number of fused-ring (bicyclic) bond motifs is 1. The third kappa shape index (κ3) is 4.87. The van der Waals surface area contributed by atoms with Crippen LogP contribution in [0.1, 0.15) is 37.7 Å². The van der Waals surface area contributed by atoms with Crippen molar-refractivity contribution in [1.82, 2.24) is 29.4 Å². The number of ether oxygens (including phenoxy) is 1. The third-order valence-corrected chi connectivity index (χ3v) is 5.21. The van der Waals surface area contributed by atoms with Crippen molar-refractivity contribution in [3.63, 3.8) is 0 Å². The van der Waals surface area contributed by atoms with Gasteiger partial charge >= 0.3 is 6.09 Å². The Kier molecular flexibility index (Phi) is 5.43. The van der Waals surface area contributed by atoms with Gasteiger partial charge in [0.1, 0.15) is 16.9 Å². The Hall–Kier alpha value is -3.36. The average molecular weight is 425 g/mol. The lowest BCUT2D eigenvalue weighted by atomic mass is 10.1. The smallest absolute Gasteiger partial charge is 0.410 e. The van der Waals surface area contributed by atoms with Gasteiger partial charge in [0.2, 0.25) is 0 Å². The van der Waals surface area contributed by atoms with Crippen molar-refractivity contribution in [2.45, 2.75) is 32.8 Å². The first-order valence-corrected chi connectivity index (χ1v) is 10.4. The van der Waals surface area contributed by atoms with Crippen molar-refractivity contribution in [2.75, 3.05) is 19.6 Å². The zero-order valence-corrected chi connectivity index (χ0v) is 18.3. The van der Waals surface area contributed by atoms with Gasteiger partial charge in [0.15, 0.2) is 0 Å². The van der Waals surface area contributed by atoms with Crippen LogP contribution in [0.4, 0.5) is 4.79 Å². The predicted molar refractivity (Wildman–Crippen MR) is 116 cm³/mol. The lowest BCUT2D eigenvalue weighted by Gasteiger charge is -2.24. The molecular formula is C22H28N6O3. The molecule has 9 nitrogen and oxygen atoms in total. The number of aromatic nitrogens is 4. The van der Waals surface area contributed by atoms with Gasteiger partial charge in [-0.05, 0) is 45.2 Å². The first kappa shape index (κ1) is 20.9. The molecular weight excluding hydrogens is 396 g/mol. The molecule has 1 saturated heterocycles. The van der Waals surface area contributed by atoms with Gasteiger partial charge < -0.3 is 19.4 Å². The lowest BCUT2D eigenvalue weighted by Crippen LogP contribution is -2.36. The molecule has 1 aliphatic rings. The number of nitrogens with zero attached hydrogens (tertiary/aromatic N) is 5. The van der Waals surface area contributed by atoms with E-state index in [0.29, 0.717) is 31.0 Å². The van der Waals surface area contributed by atoms with Gasteiger partial charge in [-0.2, -0.15) is 5.10 Å². The summed E-state index contributed by atoms with van der Waals surface area (Å²) < 4.78 is 9.02. The van der Waals surface area contributed by atoms with Crippen molar-refractivity contribution in [3.8, 4) is 11.1 Å². The number of rotatable bonds is 4. The maximum atomic E-state index is 12.6. The van der Waals surface area contributed by atoms with Gasteiger partial charge in [0.25, 0.3) is 5.91 Å². The number of pyridine rings is 1. The number of hydrogen-bond acceptors (Lipinski definition) is 5. The van der Waals surface area contributed by atoms with Crippen molar-refractivity contribution in [1.29, 1.82) is 0 Å². The van der Waals surface area contributed by atoms with Crippen molar-refractivity contribution in [3.05, 3.63) is 42.6 Å². The highest BCUT2D eigenvalue weighted by Gasteiger charge is 2.30. The average Bonchev–Trinajstić information content (AvgIpc) is 3.43. The lowest BCUT2D eigenvalue weighted by molar-refractivity contribution is 0.0288. The third-order valence-electron chi connectivity index (χ3n) is 5.21. The number of nitrogens with one attached hydrogen (secondary N) is 1. The topological polar surface area (TPSA) is 93.8 Å². The normalized spacial score (nSPS) is 16.6. The zero-order chi connectivity index (χ0) is 22.2. The van der Waals surface area contributed by atoms with E-state index < -0.39 is 5.60 Å². The summed E-state index contributed by atoms with van der Waals surface area (Å²) in [7, 11) is 1.87. The van der Waals surface area contributed by atoms with Gasteiger partial charge in [0.05, 0.1) is 6.20 Å². The zero-order valence-electron chi connectivity index (χ0n) is 18.3. The van der Waals surface area contributed by atoms with Crippen LogP contribution in [0.15, 0.2) is 36.9 Å². The summed E-state index contributed by atoms with van der Waals surface area (Å²) in [6.07, 6.45) is 7.94. The number of carbonyl (C=O) groups excluding carboxylic acids is 2.